The van der Waals surface area contributed by atoms with Gasteiger partial charge in [0.15, 0.2) is 0 Å². The molecule has 0 amide bonds. The summed E-state index contributed by atoms with van der Waals surface area (Å²) in [5, 5.41) is 10.4. The Kier molecular flexibility index (Phi) is 2.88. The Morgan fingerprint density at radius 2 is 2.19 bits per heavy atom. The third-order valence-electron chi connectivity index (χ3n) is 2.98. The van der Waals surface area contributed by atoms with Gasteiger partial charge in [-0.05, 0) is 12.8 Å². The van der Waals surface area contributed by atoms with E-state index >= 15 is 0 Å². The van der Waals surface area contributed by atoms with Crippen LogP contribution in [0.25, 0.3) is 0 Å². The molecule has 0 aromatic carbocycles. The summed E-state index contributed by atoms with van der Waals surface area (Å²) in [4.78, 5) is 0. The fraction of sp³-hybridized carbons (Fsp3) is 0.778. The minimum absolute atomic E-state index is 0.0284. The Hall–Kier alpha value is -1.11. The van der Waals surface area contributed by atoms with Gasteiger partial charge in [0.05, 0.1) is 23.9 Å². The number of nitrogens with one attached hydrogen (secondary N) is 1. The van der Waals surface area contributed by atoms with Crippen LogP contribution >= 0.6 is 0 Å². The van der Waals surface area contributed by atoms with Crippen molar-refractivity contribution < 1.29 is 13.2 Å². The number of halogens is 3. The minimum atomic E-state index is -4.09. The van der Waals surface area contributed by atoms with Crippen LogP contribution < -0.4 is 5.32 Å². The Bertz CT molecular complexity index is 352. The largest absolute Gasteiger partial charge is 0.393 e. The highest BCUT2D eigenvalue weighted by Crippen LogP contribution is 2.35. The molecule has 90 valence electrons. The summed E-state index contributed by atoms with van der Waals surface area (Å²) in [6.45, 7) is -0.0284. The van der Waals surface area contributed by atoms with Gasteiger partial charge in [0.1, 0.15) is 0 Å². The second kappa shape index (κ2) is 4.04. The van der Waals surface area contributed by atoms with Crippen molar-refractivity contribution in [1.29, 1.82) is 0 Å². The van der Waals surface area contributed by atoms with Gasteiger partial charge in [-0.2, -0.15) is 13.2 Å². The summed E-state index contributed by atoms with van der Waals surface area (Å²) >= 11 is 0. The zero-order valence-corrected chi connectivity index (χ0v) is 8.83. The normalized spacial score (nSPS) is 27.0. The Labute approximate surface area is 90.8 Å². The van der Waals surface area contributed by atoms with E-state index in [0.29, 0.717) is 6.42 Å². The van der Waals surface area contributed by atoms with Gasteiger partial charge in [-0.25, -0.2) is 0 Å². The van der Waals surface area contributed by atoms with Crippen molar-refractivity contribution in [3.63, 3.8) is 0 Å². The molecule has 1 aliphatic heterocycles. The molecule has 4 nitrogen and oxygen atoms in total. The monoisotopic (exact) mass is 234 g/mol. The predicted molar refractivity (Wildman–Crippen MR) is 50.5 cm³/mol. The average molecular weight is 234 g/mol. The van der Waals surface area contributed by atoms with E-state index < -0.39 is 12.1 Å². The molecule has 0 spiro atoms. The number of aryl methyl sites for hydroxylation is 1. The van der Waals surface area contributed by atoms with E-state index in [0.717, 1.165) is 5.69 Å². The molecule has 2 heterocycles. The molecule has 1 N–H and O–H groups in total. The van der Waals surface area contributed by atoms with Gasteiger partial charge in [0.25, 0.3) is 0 Å². The molecule has 1 aliphatic rings. The van der Waals surface area contributed by atoms with E-state index in [2.05, 4.69) is 15.6 Å². The van der Waals surface area contributed by atoms with Crippen molar-refractivity contribution in [2.24, 2.45) is 13.0 Å². The smallest absolute Gasteiger partial charge is 0.308 e. The van der Waals surface area contributed by atoms with E-state index in [1.54, 1.807) is 17.9 Å². The van der Waals surface area contributed by atoms with Crippen LogP contribution in [0.15, 0.2) is 6.20 Å². The second-order valence-electron chi connectivity index (χ2n) is 4.06. The first-order chi connectivity index (χ1) is 7.48. The first-order valence-corrected chi connectivity index (χ1v) is 5.13. The summed E-state index contributed by atoms with van der Waals surface area (Å²) in [5.74, 6) is -1.23. The van der Waals surface area contributed by atoms with Gasteiger partial charge in [-0.3, -0.25) is 4.68 Å². The van der Waals surface area contributed by atoms with Crippen LogP contribution in [0, 0.1) is 5.92 Å². The van der Waals surface area contributed by atoms with E-state index in [1.807, 2.05) is 0 Å². The summed E-state index contributed by atoms with van der Waals surface area (Å²) in [5.41, 5.74) is 0.834. The number of piperidine rings is 1. The quantitative estimate of drug-likeness (QED) is 0.799. The molecule has 0 saturated carbocycles. The molecule has 2 unspecified atom stereocenters. The van der Waals surface area contributed by atoms with E-state index in [4.69, 9.17) is 0 Å². The molecule has 0 radical (unpaired) electrons. The van der Waals surface area contributed by atoms with Crippen molar-refractivity contribution in [1.82, 2.24) is 20.3 Å². The molecule has 2 rings (SSSR count). The van der Waals surface area contributed by atoms with Crippen LogP contribution in [0.3, 0.4) is 0 Å². The highest BCUT2D eigenvalue weighted by Gasteiger charge is 2.41. The second-order valence-corrected chi connectivity index (χ2v) is 4.06. The number of alkyl halides is 3. The number of hydrogen-bond donors (Lipinski definition) is 1. The van der Waals surface area contributed by atoms with Crippen molar-refractivity contribution in [2.75, 3.05) is 6.54 Å². The average Bonchev–Trinajstić information content (AvgIpc) is 2.63. The maximum Gasteiger partial charge on any atom is 0.393 e. The van der Waals surface area contributed by atoms with Crippen LogP contribution in [0.5, 0.6) is 0 Å². The van der Waals surface area contributed by atoms with Gasteiger partial charge < -0.3 is 5.32 Å². The molecule has 1 aromatic rings. The molecule has 0 bridgehead atoms. The third-order valence-corrected chi connectivity index (χ3v) is 2.98. The minimum Gasteiger partial charge on any atom is -0.308 e. The highest BCUT2D eigenvalue weighted by molar-refractivity contribution is 5.03. The molecule has 2 atom stereocenters. The lowest BCUT2D eigenvalue weighted by Crippen LogP contribution is -2.40. The SMILES string of the molecule is Cn1nncc1C1CCC(C(F)(F)F)CN1. The molecule has 1 saturated heterocycles. The lowest BCUT2D eigenvalue weighted by Gasteiger charge is -2.30. The molecular formula is C9H13F3N4. The fourth-order valence-corrected chi connectivity index (χ4v) is 2.00. The molecule has 0 aliphatic carbocycles. The first-order valence-electron chi connectivity index (χ1n) is 5.13. The van der Waals surface area contributed by atoms with Crippen LogP contribution in [-0.4, -0.2) is 27.7 Å². The summed E-state index contributed by atoms with van der Waals surface area (Å²) < 4.78 is 38.8. The Morgan fingerprint density at radius 3 is 2.62 bits per heavy atom. The molecule has 1 aromatic heterocycles. The van der Waals surface area contributed by atoms with Crippen LogP contribution in [0.4, 0.5) is 13.2 Å². The lowest BCUT2D eigenvalue weighted by atomic mass is 9.93. The number of hydrogen-bond acceptors (Lipinski definition) is 3. The van der Waals surface area contributed by atoms with Gasteiger partial charge in [-0.1, -0.05) is 5.21 Å². The van der Waals surface area contributed by atoms with Crippen molar-refractivity contribution in [2.45, 2.75) is 25.1 Å². The third kappa shape index (κ3) is 2.18. The van der Waals surface area contributed by atoms with Crippen LogP contribution in [0.1, 0.15) is 24.6 Å². The van der Waals surface area contributed by atoms with Crippen LogP contribution in [0.2, 0.25) is 0 Å². The lowest BCUT2D eigenvalue weighted by molar-refractivity contribution is -0.179. The van der Waals surface area contributed by atoms with Gasteiger partial charge in [-0.15, -0.1) is 5.10 Å². The standard InChI is InChI=1S/C9H13F3N4/c1-16-8(5-14-15-16)7-3-2-6(4-13-7)9(10,11)12/h5-7,13H,2-4H2,1H3. The number of aromatic nitrogens is 3. The van der Waals surface area contributed by atoms with E-state index in [1.165, 1.54) is 0 Å². The predicted octanol–water partition coefficient (Wildman–Crippen LogP) is 1.42. The van der Waals surface area contributed by atoms with Gasteiger partial charge >= 0.3 is 6.18 Å². The van der Waals surface area contributed by atoms with Gasteiger partial charge in [0.2, 0.25) is 0 Å². The van der Waals surface area contributed by atoms with Crippen LogP contribution in [-0.2, 0) is 7.05 Å². The fourth-order valence-electron chi connectivity index (χ4n) is 2.00. The maximum absolute atomic E-state index is 12.4. The summed E-state index contributed by atoms with van der Waals surface area (Å²) in [7, 11) is 1.74. The topological polar surface area (TPSA) is 42.7 Å². The Morgan fingerprint density at radius 1 is 1.44 bits per heavy atom. The zero-order valence-electron chi connectivity index (χ0n) is 8.83. The number of nitrogens with zero attached hydrogens (tertiary/aromatic N) is 3. The molecule has 16 heavy (non-hydrogen) atoms. The van der Waals surface area contributed by atoms with Crippen molar-refractivity contribution in [3.8, 4) is 0 Å². The molecule has 1 fully saturated rings. The van der Waals surface area contributed by atoms with Gasteiger partial charge in [0, 0.05) is 13.6 Å². The summed E-state index contributed by atoms with van der Waals surface area (Å²) in [6.07, 6.45) is -1.88. The maximum atomic E-state index is 12.4. The Balaban J connectivity index is 1.98. The van der Waals surface area contributed by atoms with E-state index in [9.17, 15) is 13.2 Å². The molecular weight excluding hydrogens is 221 g/mol. The summed E-state index contributed by atoms with van der Waals surface area (Å²) in [6, 6.07) is -0.0707. The van der Waals surface area contributed by atoms with E-state index in [-0.39, 0.29) is 19.0 Å². The first kappa shape index (κ1) is 11.4. The zero-order chi connectivity index (χ0) is 11.8. The molecule has 7 heteroatoms. The number of rotatable bonds is 1. The van der Waals surface area contributed by atoms with Crippen molar-refractivity contribution >= 4 is 0 Å². The van der Waals surface area contributed by atoms with Crippen molar-refractivity contribution in [3.05, 3.63) is 11.9 Å². The highest BCUT2D eigenvalue weighted by atomic mass is 19.4.